The molecule has 3 N–H and O–H groups in total. The Bertz CT molecular complexity index is 411. The number of hydrogen-bond acceptors (Lipinski definition) is 4. The second kappa shape index (κ2) is 7.03. The molecule has 1 aromatic heterocycles. The Labute approximate surface area is 119 Å². The predicted octanol–water partition coefficient (Wildman–Crippen LogP) is 1.67. The van der Waals surface area contributed by atoms with Gasteiger partial charge >= 0.3 is 0 Å². The van der Waals surface area contributed by atoms with E-state index in [2.05, 4.69) is 17.3 Å². The lowest BCUT2D eigenvalue weighted by atomic mass is 9.94. The summed E-state index contributed by atoms with van der Waals surface area (Å²) in [5.74, 6) is 0.530. The molecule has 106 valence electrons. The third-order valence-electron chi connectivity index (χ3n) is 3.81. The molecule has 5 heteroatoms. The van der Waals surface area contributed by atoms with Gasteiger partial charge in [0.15, 0.2) is 0 Å². The second-order valence-electron chi connectivity index (χ2n) is 5.38. The summed E-state index contributed by atoms with van der Waals surface area (Å²) in [7, 11) is 2.20. The predicted molar refractivity (Wildman–Crippen MR) is 79.4 cm³/mol. The number of thiophene rings is 1. The average molecular weight is 281 g/mol. The molecule has 0 saturated carbocycles. The molecule has 2 heterocycles. The number of amides is 1. The number of nitrogens with zero attached hydrogens (tertiary/aromatic N) is 1. The van der Waals surface area contributed by atoms with Crippen molar-refractivity contribution in [1.29, 1.82) is 0 Å². The maximum absolute atomic E-state index is 11.0. The molecule has 19 heavy (non-hydrogen) atoms. The van der Waals surface area contributed by atoms with Crippen molar-refractivity contribution >= 4 is 17.2 Å². The number of nitrogens with one attached hydrogen (secondary N) is 1. The molecule has 1 fully saturated rings. The minimum absolute atomic E-state index is 0.339. The Hall–Kier alpha value is -0.910. The van der Waals surface area contributed by atoms with Gasteiger partial charge in [0.1, 0.15) is 0 Å². The quantitative estimate of drug-likeness (QED) is 0.780. The van der Waals surface area contributed by atoms with E-state index in [-0.39, 0.29) is 5.91 Å². The molecule has 0 spiro atoms. The Balaban J connectivity index is 1.62. The topological polar surface area (TPSA) is 58.4 Å². The van der Waals surface area contributed by atoms with Crippen LogP contribution in [0.3, 0.4) is 0 Å². The summed E-state index contributed by atoms with van der Waals surface area (Å²) in [6.45, 7) is 4.36. The zero-order valence-electron chi connectivity index (χ0n) is 11.5. The van der Waals surface area contributed by atoms with Gasteiger partial charge in [-0.2, -0.15) is 0 Å². The number of likely N-dealkylation sites (tertiary alicyclic amines) is 1. The number of carbonyl (C=O) groups excluding carboxylic acids is 1. The van der Waals surface area contributed by atoms with Gasteiger partial charge in [-0.1, -0.05) is 0 Å². The normalized spacial score (nSPS) is 17.7. The van der Waals surface area contributed by atoms with Crippen LogP contribution in [-0.4, -0.2) is 37.5 Å². The van der Waals surface area contributed by atoms with Gasteiger partial charge in [-0.05, 0) is 57.9 Å². The minimum Gasteiger partial charge on any atom is -0.366 e. The third kappa shape index (κ3) is 4.60. The van der Waals surface area contributed by atoms with E-state index in [1.807, 2.05) is 11.4 Å². The number of hydrogen-bond donors (Lipinski definition) is 2. The molecular weight excluding hydrogens is 258 g/mol. The van der Waals surface area contributed by atoms with Gasteiger partial charge in [0, 0.05) is 16.8 Å². The van der Waals surface area contributed by atoms with E-state index in [1.165, 1.54) is 37.2 Å². The Morgan fingerprint density at radius 2 is 2.26 bits per heavy atom. The summed E-state index contributed by atoms with van der Waals surface area (Å²) in [5, 5.41) is 5.29. The lowest BCUT2D eigenvalue weighted by Gasteiger charge is -2.28. The first-order valence-electron chi connectivity index (χ1n) is 6.91. The average Bonchev–Trinajstić information content (AvgIpc) is 2.86. The first-order chi connectivity index (χ1) is 9.15. The standard InChI is InChI=1S/C14H23N3OS/c1-17-6-3-11(4-7-17)2-5-16-9-13-8-12(10-19-13)14(15)18/h8,10-11,16H,2-7,9H2,1H3,(H2,15,18). The van der Waals surface area contributed by atoms with E-state index in [0.29, 0.717) is 5.56 Å². The molecule has 0 aliphatic carbocycles. The van der Waals surface area contributed by atoms with Gasteiger partial charge in [-0.15, -0.1) is 11.3 Å². The molecule has 0 radical (unpaired) electrons. The van der Waals surface area contributed by atoms with Gasteiger partial charge < -0.3 is 16.0 Å². The Morgan fingerprint density at radius 1 is 1.53 bits per heavy atom. The lowest BCUT2D eigenvalue weighted by molar-refractivity contribution is 0.100. The van der Waals surface area contributed by atoms with Crippen LogP contribution in [0, 0.1) is 5.92 Å². The highest BCUT2D eigenvalue weighted by Gasteiger charge is 2.15. The van der Waals surface area contributed by atoms with Crippen LogP contribution in [0.4, 0.5) is 0 Å². The Morgan fingerprint density at radius 3 is 2.89 bits per heavy atom. The van der Waals surface area contributed by atoms with Crippen molar-refractivity contribution in [3.05, 3.63) is 21.9 Å². The van der Waals surface area contributed by atoms with Crippen molar-refractivity contribution in [3.8, 4) is 0 Å². The molecule has 0 atom stereocenters. The van der Waals surface area contributed by atoms with Crippen LogP contribution < -0.4 is 11.1 Å². The highest BCUT2D eigenvalue weighted by atomic mass is 32.1. The molecule has 1 aliphatic heterocycles. The summed E-state index contributed by atoms with van der Waals surface area (Å²) in [6.07, 6.45) is 3.90. The van der Waals surface area contributed by atoms with Crippen molar-refractivity contribution in [2.24, 2.45) is 11.7 Å². The molecule has 1 amide bonds. The van der Waals surface area contributed by atoms with Crippen LogP contribution in [0.5, 0.6) is 0 Å². The fraction of sp³-hybridized carbons (Fsp3) is 0.643. The molecular formula is C14H23N3OS. The fourth-order valence-corrected chi connectivity index (χ4v) is 3.31. The zero-order chi connectivity index (χ0) is 13.7. The SMILES string of the molecule is CN1CCC(CCNCc2cc(C(N)=O)cs2)CC1. The zero-order valence-corrected chi connectivity index (χ0v) is 12.3. The van der Waals surface area contributed by atoms with Crippen molar-refractivity contribution in [2.45, 2.75) is 25.8 Å². The van der Waals surface area contributed by atoms with Crippen LogP contribution in [-0.2, 0) is 6.54 Å². The van der Waals surface area contributed by atoms with E-state index in [0.717, 1.165) is 19.0 Å². The molecule has 4 nitrogen and oxygen atoms in total. The number of piperidine rings is 1. The van der Waals surface area contributed by atoms with Gasteiger partial charge in [-0.3, -0.25) is 4.79 Å². The molecule has 2 rings (SSSR count). The van der Waals surface area contributed by atoms with E-state index in [1.54, 1.807) is 11.3 Å². The summed E-state index contributed by atoms with van der Waals surface area (Å²) in [4.78, 5) is 14.6. The number of nitrogens with two attached hydrogens (primary N) is 1. The summed E-state index contributed by atoms with van der Waals surface area (Å²) >= 11 is 1.59. The Kier molecular flexibility index (Phi) is 5.36. The molecule has 0 aromatic carbocycles. The van der Waals surface area contributed by atoms with E-state index in [9.17, 15) is 4.79 Å². The molecule has 0 unspecified atom stereocenters. The highest BCUT2D eigenvalue weighted by Crippen LogP contribution is 2.19. The van der Waals surface area contributed by atoms with Crippen LogP contribution in [0.25, 0.3) is 0 Å². The van der Waals surface area contributed by atoms with E-state index in [4.69, 9.17) is 5.73 Å². The van der Waals surface area contributed by atoms with Crippen molar-refractivity contribution in [1.82, 2.24) is 10.2 Å². The van der Waals surface area contributed by atoms with Gasteiger partial charge in [-0.25, -0.2) is 0 Å². The van der Waals surface area contributed by atoms with E-state index >= 15 is 0 Å². The number of rotatable bonds is 6. The summed E-state index contributed by atoms with van der Waals surface area (Å²) in [6, 6.07) is 1.88. The highest BCUT2D eigenvalue weighted by molar-refractivity contribution is 7.10. The first kappa shape index (κ1) is 14.5. The molecule has 1 saturated heterocycles. The number of primary amides is 1. The fourth-order valence-electron chi connectivity index (χ4n) is 2.47. The van der Waals surface area contributed by atoms with Gasteiger partial charge in [0.2, 0.25) is 5.91 Å². The first-order valence-corrected chi connectivity index (χ1v) is 7.79. The maximum atomic E-state index is 11.0. The largest absolute Gasteiger partial charge is 0.366 e. The lowest BCUT2D eigenvalue weighted by Crippen LogP contribution is -2.31. The number of carbonyl (C=O) groups is 1. The van der Waals surface area contributed by atoms with Crippen molar-refractivity contribution in [3.63, 3.8) is 0 Å². The molecule has 1 aromatic rings. The minimum atomic E-state index is -0.339. The van der Waals surface area contributed by atoms with Crippen LogP contribution in [0.2, 0.25) is 0 Å². The summed E-state index contributed by atoms with van der Waals surface area (Å²) in [5.41, 5.74) is 5.86. The smallest absolute Gasteiger partial charge is 0.249 e. The van der Waals surface area contributed by atoms with Crippen LogP contribution in [0.15, 0.2) is 11.4 Å². The maximum Gasteiger partial charge on any atom is 0.249 e. The second-order valence-corrected chi connectivity index (χ2v) is 6.37. The van der Waals surface area contributed by atoms with Crippen molar-refractivity contribution in [2.75, 3.05) is 26.7 Å². The van der Waals surface area contributed by atoms with E-state index < -0.39 is 0 Å². The van der Waals surface area contributed by atoms with Crippen LogP contribution >= 0.6 is 11.3 Å². The molecule has 0 bridgehead atoms. The monoisotopic (exact) mass is 281 g/mol. The third-order valence-corrected chi connectivity index (χ3v) is 4.74. The van der Waals surface area contributed by atoms with Crippen molar-refractivity contribution < 1.29 is 4.79 Å². The van der Waals surface area contributed by atoms with Gasteiger partial charge in [0.25, 0.3) is 0 Å². The van der Waals surface area contributed by atoms with Crippen LogP contribution in [0.1, 0.15) is 34.5 Å². The molecule has 1 aliphatic rings. The van der Waals surface area contributed by atoms with Gasteiger partial charge in [0.05, 0.1) is 5.56 Å². The summed E-state index contributed by atoms with van der Waals surface area (Å²) < 4.78 is 0.